The van der Waals surface area contributed by atoms with Gasteiger partial charge < -0.3 is 18.1 Å². The highest BCUT2D eigenvalue weighted by Crippen LogP contribution is 2.63. The maximum atomic E-state index is 12.9. The lowest BCUT2D eigenvalue weighted by Crippen LogP contribution is -2.44. The molecule has 0 amide bonds. The first-order valence-electron chi connectivity index (χ1n) is 8.11. The van der Waals surface area contributed by atoms with Crippen molar-refractivity contribution in [3.05, 3.63) is 0 Å². The van der Waals surface area contributed by atoms with Crippen LogP contribution in [0.1, 0.15) is 47.0 Å². The van der Waals surface area contributed by atoms with Crippen LogP contribution in [-0.2, 0) is 32.4 Å². The van der Waals surface area contributed by atoms with Crippen molar-refractivity contribution in [2.45, 2.75) is 58.5 Å². The summed E-state index contributed by atoms with van der Waals surface area (Å²) in [5.74, 6) is -1.98. The summed E-state index contributed by atoms with van der Waals surface area (Å²) in [5, 5.41) is 13.3. The van der Waals surface area contributed by atoms with E-state index >= 15 is 0 Å². The van der Waals surface area contributed by atoms with Gasteiger partial charge in [0.25, 0.3) is 0 Å². The summed E-state index contributed by atoms with van der Waals surface area (Å²) in [7, 11) is -7.23. The smallest absolute Gasteiger partial charge is 0.308 e. The van der Waals surface area contributed by atoms with Gasteiger partial charge in [-0.2, -0.15) is 0 Å². The molecular weight excluding hydrogens is 344 g/mol. The van der Waals surface area contributed by atoms with Gasteiger partial charge in [-0.25, -0.2) is 0 Å². The van der Waals surface area contributed by atoms with E-state index in [0.717, 1.165) is 0 Å². The van der Waals surface area contributed by atoms with E-state index in [4.69, 9.17) is 18.1 Å². The first-order valence-corrected chi connectivity index (χ1v) is 11.3. The molecule has 0 aromatic carbocycles. The molecule has 23 heavy (non-hydrogen) atoms. The van der Waals surface area contributed by atoms with Crippen molar-refractivity contribution in [2.24, 2.45) is 0 Å². The third-order valence-corrected chi connectivity index (χ3v) is 8.38. The molecule has 1 radical (unpaired) electrons. The van der Waals surface area contributed by atoms with Crippen molar-refractivity contribution in [2.75, 3.05) is 26.4 Å². The summed E-state index contributed by atoms with van der Waals surface area (Å²) in [4.78, 5) is 0. The van der Waals surface area contributed by atoms with Crippen LogP contribution in [0.25, 0.3) is 0 Å². The topological polar surface area (TPSA) is 94.2 Å². The molecule has 137 valence electrons. The molecular formula is C13H28NO7P2. The second kappa shape index (κ2) is 9.64. The molecule has 10 heteroatoms. The van der Waals surface area contributed by atoms with Crippen LogP contribution in [0.5, 0.6) is 0 Å². The standard InChI is InChI=1S/C13H28NO7P2/c1-5-18-22(16,19-6-2)12-10-9-11-13(14(12)15)23(17,20-7-3)21-8-4/h12-13H,5-11H2,1-4H3/t12-,13-/m0/s1. The van der Waals surface area contributed by atoms with E-state index in [9.17, 15) is 14.3 Å². The van der Waals surface area contributed by atoms with Crippen LogP contribution in [-0.4, -0.2) is 43.1 Å². The Labute approximate surface area is 138 Å². The fourth-order valence-electron chi connectivity index (χ4n) is 2.67. The van der Waals surface area contributed by atoms with Crippen molar-refractivity contribution in [1.82, 2.24) is 5.06 Å². The SMILES string of the molecule is CCOP(=O)(OCC)[C@H]1CCC[C@H](P(=O)(OCC)OCC)N1[O]. The van der Waals surface area contributed by atoms with Crippen molar-refractivity contribution in [3.63, 3.8) is 0 Å². The van der Waals surface area contributed by atoms with Gasteiger partial charge in [-0.1, -0.05) is 0 Å². The van der Waals surface area contributed by atoms with Gasteiger partial charge in [-0.05, 0) is 47.0 Å². The fraction of sp³-hybridized carbons (Fsp3) is 1.00. The predicted molar refractivity (Wildman–Crippen MR) is 85.7 cm³/mol. The van der Waals surface area contributed by atoms with Crippen LogP contribution in [0.3, 0.4) is 0 Å². The summed E-state index contributed by atoms with van der Waals surface area (Å²) in [6.07, 6.45) is 1.29. The van der Waals surface area contributed by atoms with Crippen LogP contribution in [0.15, 0.2) is 0 Å². The third-order valence-electron chi connectivity index (χ3n) is 3.48. The first kappa shape index (κ1) is 21.3. The Hall–Kier alpha value is 0.220. The second-order valence-corrected chi connectivity index (χ2v) is 9.39. The summed E-state index contributed by atoms with van der Waals surface area (Å²) >= 11 is 0. The van der Waals surface area contributed by atoms with E-state index in [0.29, 0.717) is 24.3 Å². The predicted octanol–water partition coefficient (Wildman–Crippen LogP) is 4.00. The van der Waals surface area contributed by atoms with E-state index in [1.54, 1.807) is 27.7 Å². The molecule has 0 spiro atoms. The Bertz CT molecular complexity index is 390. The fourth-order valence-corrected chi connectivity index (χ4v) is 6.93. The molecule has 0 aromatic rings. The van der Waals surface area contributed by atoms with E-state index in [1.165, 1.54) is 0 Å². The van der Waals surface area contributed by atoms with Crippen molar-refractivity contribution in [3.8, 4) is 0 Å². The average molecular weight is 372 g/mol. The molecule has 1 fully saturated rings. The number of nitrogens with zero attached hydrogens (tertiary/aromatic N) is 1. The Morgan fingerprint density at radius 1 is 0.783 bits per heavy atom. The van der Waals surface area contributed by atoms with Crippen LogP contribution >= 0.6 is 15.2 Å². The van der Waals surface area contributed by atoms with E-state index in [-0.39, 0.29) is 26.4 Å². The highest BCUT2D eigenvalue weighted by molar-refractivity contribution is 7.55. The summed E-state index contributed by atoms with van der Waals surface area (Å²) in [6.45, 7) is 7.42. The van der Waals surface area contributed by atoms with Gasteiger partial charge in [0.05, 0.1) is 26.4 Å². The van der Waals surface area contributed by atoms with Crippen LogP contribution in [0.2, 0.25) is 0 Å². The normalized spacial score (nSPS) is 24.0. The van der Waals surface area contributed by atoms with Crippen molar-refractivity contribution >= 4 is 15.2 Å². The number of hydroxylamine groups is 2. The van der Waals surface area contributed by atoms with E-state index in [2.05, 4.69) is 0 Å². The molecule has 1 aliphatic heterocycles. The van der Waals surface area contributed by atoms with Gasteiger partial charge in [0.15, 0.2) is 0 Å². The number of hydrogen-bond donors (Lipinski definition) is 0. The lowest BCUT2D eigenvalue weighted by molar-refractivity contribution is -0.200. The first-order chi connectivity index (χ1) is 10.9. The quantitative estimate of drug-likeness (QED) is 0.535. The molecule has 0 aliphatic carbocycles. The highest BCUT2D eigenvalue weighted by atomic mass is 31.2. The Morgan fingerprint density at radius 3 is 1.35 bits per heavy atom. The summed E-state index contributed by atoms with van der Waals surface area (Å²) in [6, 6.07) is 0. The Morgan fingerprint density at radius 2 is 1.09 bits per heavy atom. The zero-order valence-corrected chi connectivity index (χ0v) is 16.1. The lowest BCUT2D eigenvalue weighted by atomic mass is 10.2. The molecule has 0 bridgehead atoms. The van der Waals surface area contributed by atoms with E-state index in [1.807, 2.05) is 0 Å². The Kier molecular flexibility index (Phi) is 8.91. The van der Waals surface area contributed by atoms with Crippen LogP contribution < -0.4 is 0 Å². The van der Waals surface area contributed by atoms with Gasteiger partial charge in [-0.15, -0.1) is 10.3 Å². The van der Waals surface area contributed by atoms with Crippen LogP contribution in [0, 0.1) is 0 Å². The zero-order valence-electron chi connectivity index (χ0n) is 14.3. The van der Waals surface area contributed by atoms with Gasteiger partial charge in [0.1, 0.15) is 11.6 Å². The van der Waals surface area contributed by atoms with Gasteiger partial charge in [0, 0.05) is 0 Å². The molecule has 0 saturated carbocycles. The minimum absolute atomic E-state index is 0.168. The minimum Gasteiger partial charge on any atom is -0.308 e. The Balaban J connectivity index is 3.06. The molecule has 1 saturated heterocycles. The largest absolute Gasteiger partial charge is 0.350 e. The number of hydrogen-bond acceptors (Lipinski definition) is 7. The maximum absolute atomic E-state index is 12.9. The molecule has 2 atom stereocenters. The molecule has 1 rings (SSSR count). The number of rotatable bonds is 10. The molecule has 0 N–H and O–H groups in total. The van der Waals surface area contributed by atoms with Gasteiger partial charge in [0.2, 0.25) is 0 Å². The molecule has 1 heterocycles. The van der Waals surface area contributed by atoms with Crippen LogP contribution in [0.4, 0.5) is 0 Å². The minimum atomic E-state index is -3.61. The van der Waals surface area contributed by atoms with E-state index < -0.39 is 26.8 Å². The lowest BCUT2D eigenvalue weighted by Gasteiger charge is -2.40. The molecule has 0 aromatic heterocycles. The average Bonchev–Trinajstić information content (AvgIpc) is 2.48. The molecule has 0 unspecified atom stereocenters. The zero-order chi connectivity index (χ0) is 17.5. The third kappa shape index (κ3) is 5.10. The van der Waals surface area contributed by atoms with Crippen molar-refractivity contribution < 1.29 is 32.4 Å². The summed E-state index contributed by atoms with van der Waals surface area (Å²) in [5.41, 5.74) is 0. The molecule has 8 nitrogen and oxygen atoms in total. The molecule has 1 aliphatic rings. The monoisotopic (exact) mass is 372 g/mol. The maximum Gasteiger partial charge on any atom is 0.350 e. The highest BCUT2D eigenvalue weighted by Gasteiger charge is 2.52. The van der Waals surface area contributed by atoms with Gasteiger partial charge >= 0.3 is 15.2 Å². The second-order valence-electron chi connectivity index (χ2n) is 5.00. The number of piperidine rings is 1. The van der Waals surface area contributed by atoms with Crippen molar-refractivity contribution in [1.29, 1.82) is 0 Å². The summed E-state index contributed by atoms with van der Waals surface area (Å²) < 4.78 is 46.9. The van der Waals surface area contributed by atoms with Gasteiger partial charge in [-0.3, -0.25) is 9.13 Å².